The SMILES string of the molecule is O=C(Cc1ccc(Cc2c[nH]c3ncccc23)cn1)c1ccc(F)cc1Cl. The van der Waals surface area contributed by atoms with Crippen molar-refractivity contribution in [2.24, 2.45) is 0 Å². The maximum absolute atomic E-state index is 13.1. The highest BCUT2D eigenvalue weighted by Crippen LogP contribution is 2.21. The first kappa shape index (κ1) is 17.4. The Kier molecular flexibility index (Phi) is 4.69. The number of fused-ring (bicyclic) bond motifs is 1. The van der Waals surface area contributed by atoms with Gasteiger partial charge in [-0.1, -0.05) is 17.7 Å². The van der Waals surface area contributed by atoms with Crippen molar-refractivity contribution in [3.05, 3.63) is 94.3 Å². The molecule has 0 aliphatic heterocycles. The minimum atomic E-state index is -0.466. The number of halogens is 2. The third-order valence-corrected chi connectivity index (χ3v) is 4.70. The summed E-state index contributed by atoms with van der Waals surface area (Å²) in [4.78, 5) is 24.2. The zero-order valence-corrected chi connectivity index (χ0v) is 15.0. The van der Waals surface area contributed by atoms with Gasteiger partial charge in [-0.3, -0.25) is 9.78 Å². The van der Waals surface area contributed by atoms with Gasteiger partial charge in [-0.05, 0) is 47.5 Å². The molecule has 0 saturated heterocycles. The van der Waals surface area contributed by atoms with Gasteiger partial charge in [0.25, 0.3) is 0 Å². The largest absolute Gasteiger partial charge is 0.346 e. The van der Waals surface area contributed by atoms with Gasteiger partial charge in [-0.25, -0.2) is 9.37 Å². The maximum atomic E-state index is 13.1. The molecule has 0 aliphatic rings. The minimum absolute atomic E-state index is 0.114. The molecular formula is C21H15ClFN3O. The Labute approximate surface area is 160 Å². The molecule has 4 aromatic rings. The predicted octanol–water partition coefficient (Wildman–Crippen LogP) is 4.77. The zero-order valence-electron chi connectivity index (χ0n) is 14.2. The molecule has 27 heavy (non-hydrogen) atoms. The Morgan fingerprint density at radius 2 is 2.04 bits per heavy atom. The van der Waals surface area contributed by atoms with Gasteiger partial charge in [0.1, 0.15) is 11.5 Å². The molecule has 0 saturated carbocycles. The molecule has 0 atom stereocenters. The number of carbonyl (C=O) groups excluding carboxylic acids is 1. The van der Waals surface area contributed by atoms with Crippen LogP contribution in [0.15, 0.2) is 61.1 Å². The number of nitrogens with one attached hydrogen (secondary N) is 1. The van der Waals surface area contributed by atoms with Gasteiger partial charge in [-0.2, -0.15) is 0 Å². The fourth-order valence-electron chi connectivity index (χ4n) is 3.02. The molecule has 3 aromatic heterocycles. The summed E-state index contributed by atoms with van der Waals surface area (Å²) in [6.45, 7) is 0. The molecule has 0 spiro atoms. The lowest BCUT2D eigenvalue weighted by Crippen LogP contribution is -2.06. The van der Waals surface area contributed by atoms with Crippen molar-refractivity contribution in [3.63, 3.8) is 0 Å². The number of ketones is 1. The van der Waals surface area contributed by atoms with Crippen molar-refractivity contribution in [3.8, 4) is 0 Å². The maximum Gasteiger partial charge on any atom is 0.170 e. The normalized spacial score (nSPS) is 11.0. The van der Waals surface area contributed by atoms with E-state index in [1.54, 1.807) is 12.4 Å². The summed E-state index contributed by atoms with van der Waals surface area (Å²) in [5.41, 5.74) is 3.98. The number of hydrogen-bond acceptors (Lipinski definition) is 3. The first-order valence-corrected chi connectivity index (χ1v) is 8.81. The van der Waals surface area contributed by atoms with Crippen molar-refractivity contribution in [2.45, 2.75) is 12.8 Å². The number of pyridine rings is 2. The summed E-state index contributed by atoms with van der Waals surface area (Å²) >= 11 is 5.95. The number of carbonyl (C=O) groups is 1. The van der Waals surface area contributed by atoms with Gasteiger partial charge in [0.05, 0.1) is 11.4 Å². The van der Waals surface area contributed by atoms with Crippen LogP contribution in [0.3, 0.4) is 0 Å². The number of benzene rings is 1. The molecule has 0 bridgehead atoms. The van der Waals surface area contributed by atoms with Crippen molar-refractivity contribution >= 4 is 28.4 Å². The summed E-state index contributed by atoms with van der Waals surface area (Å²) in [7, 11) is 0. The molecular weight excluding hydrogens is 365 g/mol. The van der Waals surface area contributed by atoms with Crippen LogP contribution in [0.4, 0.5) is 4.39 Å². The first-order valence-electron chi connectivity index (χ1n) is 8.43. The van der Waals surface area contributed by atoms with Crippen LogP contribution in [0, 0.1) is 5.82 Å². The van der Waals surface area contributed by atoms with Crippen LogP contribution in [-0.4, -0.2) is 20.7 Å². The van der Waals surface area contributed by atoms with E-state index in [0.717, 1.165) is 34.6 Å². The molecule has 3 heterocycles. The minimum Gasteiger partial charge on any atom is -0.346 e. The van der Waals surface area contributed by atoms with E-state index in [1.807, 2.05) is 30.5 Å². The van der Waals surface area contributed by atoms with Crippen LogP contribution >= 0.6 is 11.6 Å². The Morgan fingerprint density at radius 3 is 2.81 bits per heavy atom. The Balaban J connectivity index is 1.48. The van der Waals surface area contributed by atoms with Crippen LogP contribution < -0.4 is 0 Å². The molecule has 0 unspecified atom stereocenters. The number of H-pyrrole nitrogens is 1. The van der Waals surface area contributed by atoms with E-state index in [9.17, 15) is 9.18 Å². The number of aromatic nitrogens is 3. The Bertz CT molecular complexity index is 1120. The summed E-state index contributed by atoms with van der Waals surface area (Å²) in [5, 5.41) is 1.20. The molecule has 134 valence electrons. The lowest BCUT2D eigenvalue weighted by molar-refractivity contribution is 0.0992. The highest BCUT2D eigenvalue weighted by Gasteiger charge is 2.13. The number of nitrogens with zero attached hydrogens (tertiary/aromatic N) is 2. The molecule has 4 nitrogen and oxygen atoms in total. The van der Waals surface area contributed by atoms with Crippen molar-refractivity contribution < 1.29 is 9.18 Å². The molecule has 4 rings (SSSR count). The third kappa shape index (κ3) is 3.73. The van der Waals surface area contributed by atoms with E-state index in [-0.39, 0.29) is 17.2 Å². The van der Waals surface area contributed by atoms with Gasteiger partial charge < -0.3 is 4.98 Å². The number of aromatic amines is 1. The lowest BCUT2D eigenvalue weighted by atomic mass is 10.0. The second kappa shape index (κ2) is 7.29. The van der Waals surface area contributed by atoms with E-state index in [0.29, 0.717) is 11.3 Å². The molecule has 1 N–H and O–H groups in total. The summed E-state index contributed by atoms with van der Waals surface area (Å²) in [6.07, 6.45) is 6.30. The van der Waals surface area contributed by atoms with Crippen LogP contribution in [0.2, 0.25) is 5.02 Å². The Hall–Kier alpha value is -3.05. The Morgan fingerprint density at radius 1 is 1.15 bits per heavy atom. The molecule has 0 radical (unpaired) electrons. The van der Waals surface area contributed by atoms with Crippen LogP contribution in [0.1, 0.15) is 27.2 Å². The summed E-state index contributed by atoms with van der Waals surface area (Å²) < 4.78 is 13.1. The summed E-state index contributed by atoms with van der Waals surface area (Å²) in [6, 6.07) is 11.5. The second-order valence-electron chi connectivity index (χ2n) is 6.27. The smallest absolute Gasteiger partial charge is 0.170 e. The van der Waals surface area contributed by atoms with E-state index in [2.05, 4.69) is 15.0 Å². The van der Waals surface area contributed by atoms with Gasteiger partial charge in [0.2, 0.25) is 0 Å². The number of hydrogen-bond donors (Lipinski definition) is 1. The zero-order chi connectivity index (χ0) is 18.8. The quantitative estimate of drug-likeness (QED) is 0.508. The molecule has 1 aromatic carbocycles. The molecule has 0 fully saturated rings. The summed E-state index contributed by atoms with van der Waals surface area (Å²) in [5.74, 6) is -0.658. The molecule has 0 aliphatic carbocycles. The van der Waals surface area contributed by atoms with Gasteiger partial charge >= 0.3 is 0 Å². The van der Waals surface area contributed by atoms with Gasteiger partial charge in [-0.15, -0.1) is 0 Å². The van der Waals surface area contributed by atoms with Crippen molar-refractivity contribution in [1.29, 1.82) is 0 Å². The highest BCUT2D eigenvalue weighted by molar-refractivity contribution is 6.34. The average molecular weight is 380 g/mol. The van der Waals surface area contributed by atoms with Crippen LogP contribution in [0.5, 0.6) is 0 Å². The standard InChI is InChI=1S/C21H15ClFN3O/c22-19-9-15(23)4-6-18(19)20(27)10-16-5-3-13(11-25-16)8-14-12-26-21-17(14)2-1-7-24-21/h1-7,9,11-12H,8,10H2,(H,24,26). The fraction of sp³-hybridized carbons (Fsp3) is 0.0952. The average Bonchev–Trinajstić information content (AvgIpc) is 3.06. The molecule has 0 amide bonds. The van der Waals surface area contributed by atoms with Crippen molar-refractivity contribution in [1.82, 2.24) is 15.0 Å². The predicted molar refractivity (Wildman–Crippen MR) is 103 cm³/mol. The van der Waals surface area contributed by atoms with Crippen LogP contribution in [-0.2, 0) is 12.8 Å². The second-order valence-corrected chi connectivity index (χ2v) is 6.68. The highest BCUT2D eigenvalue weighted by atomic mass is 35.5. The van der Waals surface area contributed by atoms with E-state index in [4.69, 9.17) is 11.6 Å². The van der Waals surface area contributed by atoms with Gasteiger partial charge in [0.15, 0.2) is 5.78 Å². The van der Waals surface area contributed by atoms with Crippen molar-refractivity contribution in [2.75, 3.05) is 0 Å². The van der Waals surface area contributed by atoms with E-state index in [1.165, 1.54) is 12.1 Å². The topological polar surface area (TPSA) is 58.6 Å². The number of Topliss-reactive ketones (excluding diaryl/α,β-unsaturated/α-hetero) is 1. The van der Waals surface area contributed by atoms with Crippen LogP contribution in [0.25, 0.3) is 11.0 Å². The number of rotatable bonds is 5. The fourth-order valence-corrected chi connectivity index (χ4v) is 3.29. The van der Waals surface area contributed by atoms with E-state index >= 15 is 0 Å². The van der Waals surface area contributed by atoms with E-state index < -0.39 is 5.82 Å². The monoisotopic (exact) mass is 379 g/mol. The first-order chi connectivity index (χ1) is 13.1. The van der Waals surface area contributed by atoms with Gasteiger partial charge in [0, 0.05) is 41.7 Å². The molecule has 6 heteroatoms. The lowest BCUT2D eigenvalue weighted by Gasteiger charge is -2.05. The third-order valence-electron chi connectivity index (χ3n) is 4.39.